The Morgan fingerprint density at radius 2 is 2.15 bits per heavy atom. The summed E-state index contributed by atoms with van der Waals surface area (Å²) in [6, 6.07) is 0. The number of epoxide rings is 2. The Hall–Kier alpha value is -0.420. The third-order valence-corrected chi connectivity index (χ3v) is 5.26. The van der Waals surface area contributed by atoms with E-state index in [-0.39, 0.29) is 29.3 Å². The van der Waals surface area contributed by atoms with Gasteiger partial charge in [0.1, 0.15) is 5.60 Å². The molecule has 1 saturated carbocycles. The van der Waals surface area contributed by atoms with Crippen LogP contribution in [0.1, 0.15) is 40.0 Å². The second-order valence-electron chi connectivity index (χ2n) is 6.94. The maximum atomic E-state index is 10.2. The molecule has 0 amide bonds. The number of methoxy groups -OCH3 is 1. The van der Waals surface area contributed by atoms with Crippen LogP contribution in [0.2, 0.25) is 0 Å². The maximum Gasteiger partial charge on any atom is 0.101 e. The Balaban J connectivity index is 1.78. The van der Waals surface area contributed by atoms with Crippen molar-refractivity contribution in [2.45, 2.75) is 69.5 Å². The monoisotopic (exact) mass is 282 g/mol. The molecule has 1 spiro atoms. The molecule has 0 aromatic rings. The van der Waals surface area contributed by atoms with Crippen LogP contribution in [0.4, 0.5) is 0 Å². The molecule has 4 nitrogen and oxygen atoms in total. The Bertz CT molecular complexity index is 411. The summed E-state index contributed by atoms with van der Waals surface area (Å²) >= 11 is 0. The molecule has 2 aliphatic heterocycles. The van der Waals surface area contributed by atoms with E-state index < -0.39 is 6.10 Å². The Kier molecular flexibility index (Phi) is 3.49. The van der Waals surface area contributed by atoms with Gasteiger partial charge >= 0.3 is 0 Å². The van der Waals surface area contributed by atoms with Crippen LogP contribution in [0.15, 0.2) is 11.6 Å². The standard InChI is InChI=1S/C16H26O4/c1-10(2)5-6-12-15(3,20-12)14-13(18-4)11(17)7-8-16(14)9-19-16/h5,11-14,17H,6-9H2,1-4H3/t11?,12-,13?,14?,15+,16?/m1/s1. The van der Waals surface area contributed by atoms with Crippen LogP contribution in [0.25, 0.3) is 0 Å². The minimum Gasteiger partial charge on any atom is -0.390 e. The van der Waals surface area contributed by atoms with Crippen molar-refractivity contribution in [3.8, 4) is 0 Å². The summed E-state index contributed by atoms with van der Waals surface area (Å²) in [6.07, 6.45) is 4.43. The molecule has 3 rings (SSSR count). The van der Waals surface area contributed by atoms with E-state index in [1.165, 1.54) is 5.57 Å². The van der Waals surface area contributed by atoms with Crippen LogP contribution in [-0.4, -0.2) is 48.3 Å². The molecule has 2 saturated heterocycles. The lowest BCUT2D eigenvalue weighted by molar-refractivity contribution is -0.116. The van der Waals surface area contributed by atoms with E-state index in [0.29, 0.717) is 0 Å². The van der Waals surface area contributed by atoms with Crippen LogP contribution < -0.4 is 0 Å². The Morgan fingerprint density at radius 3 is 2.70 bits per heavy atom. The average Bonchev–Trinajstić information content (AvgIpc) is 3.29. The first-order valence-electron chi connectivity index (χ1n) is 7.59. The van der Waals surface area contributed by atoms with E-state index in [0.717, 1.165) is 25.9 Å². The molecule has 0 radical (unpaired) electrons. The highest BCUT2D eigenvalue weighted by atomic mass is 16.6. The van der Waals surface area contributed by atoms with Crippen molar-refractivity contribution in [2.75, 3.05) is 13.7 Å². The van der Waals surface area contributed by atoms with Gasteiger partial charge in [0.25, 0.3) is 0 Å². The van der Waals surface area contributed by atoms with Crippen molar-refractivity contribution in [2.24, 2.45) is 5.92 Å². The number of aliphatic hydroxyl groups is 1. The van der Waals surface area contributed by atoms with Crippen LogP contribution >= 0.6 is 0 Å². The van der Waals surface area contributed by atoms with Crippen molar-refractivity contribution >= 4 is 0 Å². The van der Waals surface area contributed by atoms with Gasteiger partial charge in [0.15, 0.2) is 0 Å². The number of hydrogen-bond acceptors (Lipinski definition) is 4. The molecular weight excluding hydrogens is 256 g/mol. The average molecular weight is 282 g/mol. The molecule has 20 heavy (non-hydrogen) atoms. The summed E-state index contributed by atoms with van der Waals surface area (Å²) in [4.78, 5) is 0. The lowest BCUT2D eigenvalue weighted by atomic mass is 9.68. The molecule has 114 valence electrons. The van der Waals surface area contributed by atoms with Crippen molar-refractivity contribution < 1.29 is 19.3 Å². The zero-order valence-electron chi connectivity index (χ0n) is 12.9. The molecule has 1 N–H and O–H groups in total. The fourth-order valence-electron chi connectivity index (χ4n) is 3.96. The molecular formula is C16H26O4. The summed E-state index contributed by atoms with van der Waals surface area (Å²) in [5.41, 5.74) is 0.964. The molecule has 3 fully saturated rings. The first-order valence-corrected chi connectivity index (χ1v) is 7.59. The smallest absolute Gasteiger partial charge is 0.101 e. The van der Waals surface area contributed by atoms with Crippen molar-refractivity contribution in [3.05, 3.63) is 11.6 Å². The fraction of sp³-hybridized carbons (Fsp3) is 0.875. The molecule has 4 unspecified atom stereocenters. The predicted molar refractivity (Wildman–Crippen MR) is 75.5 cm³/mol. The number of allylic oxidation sites excluding steroid dienone is 1. The van der Waals surface area contributed by atoms with E-state index in [1.807, 2.05) is 0 Å². The largest absolute Gasteiger partial charge is 0.390 e. The van der Waals surface area contributed by atoms with Crippen LogP contribution in [-0.2, 0) is 14.2 Å². The third-order valence-electron chi connectivity index (χ3n) is 5.26. The SMILES string of the molecule is COC1C(O)CCC2(CO2)C1[C@@]1(C)O[C@@H]1CC=C(C)C. The normalized spacial score (nSPS) is 50.0. The summed E-state index contributed by atoms with van der Waals surface area (Å²) in [5.74, 6) is 0.124. The second kappa shape index (κ2) is 4.80. The highest BCUT2D eigenvalue weighted by molar-refractivity contribution is 5.20. The van der Waals surface area contributed by atoms with Crippen molar-refractivity contribution in [3.63, 3.8) is 0 Å². The quantitative estimate of drug-likeness (QED) is 0.633. The van der Waals surface area contributed by atoms with Crippen molar-refractivity contribution in [1.29, 1.82) is 0 Å². The molecule has 0 bridgehead atoms. The van der Waals surface area contributed by atoms with Gasteiger partial charge in [0.05, 0.1) is 36.4 Å². The number of aliphatic hydroxyl groups excluding tert-OH is 1. The van der Waals surface area contributed by atoms with Crippen molar-refractivity contribution in [1.82, 2.24) is 0 Å². The van der Waals surface area contributed by atoms with Gasteiger partial charge in [-0.1, -0.05) is 11.6 Å². The maximum absolute atomic E-state index is 10.2. The van der Waals surface area contributed by atoms with Gasteiger partial charge in [0.2, 0.25) is 0 Å². The number of rotatable bonds is 4. The van der Waals surface area contributed by atoms with E-state index in [4.69, 9.17) is 14.2 Å². The lowest BCUT2D eigenvalue weighted by Gasteiger charge is -2.41. The van der Waals surface area contributed by atoms with Gasteiger partial charge in [0, 0.05) is 7.11 Å². The Labute approximate surface area is 121 Å². The number of hydrogen-bond donors (Lipinski definition) is 1. The molecule has 0 aromatic heterocycles. The zero-order chi connectivity index (χ0) is 14.5. The lowest BCUT2D eigenvalue weighted by Crippen LogP contribution is -2.54. The Morgan fingerprint density at radius 1 is 1.45 bits per heavy atom. The minimum absolute atomic E-state index is 0.117. The predicted octanol–water partition coefficient (Wildman–Crippen LogP) is 2.06. The van der Waals surface area contributed by atoms with Crippen LogP contribution in [0.5, 0.6) is 0 Å². The second-order valence-corrected chi connectivity index (χ2v) is 6.94. The van der Waals surface area contributed by atoms with Gasteiger partial charge in [-0.15, -0.1) is 0 Å². The summed E-state index contributed by atoms with van der Waals surface area (Å²) in [7, 11) is 1.68. The van der Waals surface area contributed by atoms with Gasteiger partial charge in [-0.25, -0.2) is 0 Å². The zero-order valence-corrected chi connectivity index (χ0v) is 12.9. The molecule has 3 aliphatic rings. The molecule has 6 atom stereocenters. The molecule has 1 aliphatic carbocycles. The van der Waals surface area contributed by atoms with Crippen LogP contribution in [0, 0.1) is 5.92 Å². The third kappa shape index (κ3) is 2.23. The minimum atomic E-state index is -0.412. The van der Waals surface area contributed by atoms with E-state index >= 15 is 0 Å². The fourth-order valence-corrected chi connectivity index (χ4v) is 3.96. The summed E-state index contributed by atoms with van der Waals surface area (Å²) < 4.78 is 17.4. The van der Waals surface area contributed by atoms with E-state index in [1.54, 1.807) is 7.11 Å². The van der Waals surface area contributed by atoms with E-state index in [2.05, 4.69) is 26.8 Å². The molecule has 2 heterocycles. The summed E-state index contributed by atoms with van der Waals surface area (Å²) in [5, 5.41) is 10.2. The number of ether oxygens (including phenoxy) is 3. The van der Waals surface area contributed by atoms with Crippen LogP contribution in [0.3, 0.4) is 0 Å². The first kappa shape index (κ1) is 14.5. The molecule has 0 aromatic carbocycles. The van der Waals surface area contributed by atoms with Gasteiger partial charge in [-0.2, -0.15) is 0 Å². The summed E-state index contributed by atoms with van der Waals surface area (Å²) in [6.45, 7) is 7.13. The first-order chi connectivity index (χ1) is 9.43. The van der Waals surface area contributed by atoms with Gasteiger partial charge in [-0.05, 0) is 40.0 Å². The van der Waals surface area contributed by atoms with Gasteiger partial charge in [-0.3, -0.25) is 0 Å². The highest BCUT2D eigenvalue weighted by Gasteiger charge is 2.71. The van der Waals surface area contributed by atoms with Gasteiger partial charge < -0.3 is 19.3 Å². The van der Waals surface area contributed by atoms with E-state index in [9.17, 15) is 5.11 Å². The molecule has 4 heteroatoms. The topological polar surface area (TPSA) is 54.5 Å². The highest BCUT2D eigenvalue weighted by Crippen LogP contribution is 2.59.